The van der Waals surface area contributed by atoms with Crippen molar-refractivity contribution in [3.63, 3.8) is 0 Å². The molecule has 3 saturated carbocycles. The summed E-state index contributed by atoms with van der Waals surface area (Å²) < 4.78 is 0. The van der Waals surface area contributed by atoms with Crippen LogP contribution >= 0.6 is 0 Å². The van der Waals surface area contributed by atoms with Gasteiger partial charge in [0, 0.05) is 11.0 Å². The fourth-order valence-electron chi connectivity index (χ4n) is 4.82. The van der Waals surface area contributed by atoms with E-state index in [1.807, 2.05) is 0 Å². The monoisotopic (exact) mass is 322 g/mol. The third-order valence-electron chi connectivity index (χ3n) is 6.68. The van der Waals surface area contributed by atoms with Crippen molar-refractivity contribution in [2.75, 3.05) is 0 Å². The molecule has 0 unspecified atom stereocenters. The van der Waals surface area contributed by atoms with Gasteiger partial charge in [-0.2, -0.15) is 0 Å². The van der Waals surface area contributed by atoms with Crippen molar-refractivity contribution in [3.05, 3.63) is 35.4 Å². The van der Waals surface area contributed by atoms with Gasteiger partial charge in [-0.15, -0.1) is 0 Å². The number of hydrogen-bond donors (Lipinski definition) is 0. The van der Waals surface area contributed by atoms with Gasteiger partial charge in [0.25, 0.3) is 0 Å². The Bertz CT molecular complexity index is 556. The van der Waals surface area contributed by atoms with Crippen LogP contribution in [0.5, 0.6) is 0 Å². The smallest absolute Gasteiger partial charge is 0.0319 e. The molecular formula is C24H34. The molecule has 0 radical (unpaired) electrons. The summed E-state index contributed by atoms with van der Waals surface area (Å²) in [5.74, 6) is 7.24. The van der Waals surface area contributed by atoms with Crippen LogP contribution in [0.25, 0.3) is 0 Å². The fourth-order valence-corrected chi connectivity index (χ4v) is 4.82. The summed E-state index contributed by atoms with van der Waals surface area (Å²) in [6.07, 6.45) is 16.4. The molecule has 0 heterocycles. The van der Waals surface area contributed by atoms with E-state index in [4.69, 9.17) is 0 Å². The lowest BCUT2D eigenvalue weighted by Gasteiger charge is -2.51. The van der Waals surface area contributed by atoms with Gasteiger partial charge in [0.1, 0.15) is 0 Å². The van der Waals surface area contributed by atoms with Crippen molar-refractivity contribution in [2.45, 2.75) is 90.9 Å². The van der Waals surface area contributed by atoms with Gasteiger partial charge in [0.2, 0.25) is 0 Å². The normalized spacial score (nSPS) is 28.4. The lowest BCUT2D eigenvalue weighted by molar-refractivity contribution is 0.0186. The average Bonchev–Trinajstić information content (AvgIpc) is 2.63. The summed E-state index contributed by atoms with van der Waals surface area (Å²) in [7, 11) is 0. The van der Waals surface area contributed by atoms with Crippen LogP contribution in [0, 0.1) is 22.7 Å². The van der Waals surface area contributed by atoms with Gasteiger partial charge in [-0.25, -0.2) is 0 Å². The minimum Gasteiger partial charge on any atom is -0.0911 e. The van der Waals surface area contributed by atoms with E-state index in [2.05, 4.69) is 50.0 Å². The summed E-state index contributed by atoms with van der Waals surface area (Å²) in [4.78, 5) is 0. The van der Waals surface area contributed by atoms with E-state index in [1.54, 1.807) is 0 Å². The van der Waals surface area contributed by atoms with Gasteiger partial charge in [0.05, 0.1) is 0 Å². The predicted octanol–water partition coefficient (Wildman–Crippen LogP) is 6.91. The maximum Gasteiger partial charge on any atom is 0.0319 e. The molecule has 0 heteroatoms. The Labute approximate surface area is 149 Å². The summed E-state index contributed by atoms with van der Waals surface area (Å²) in [5, 5.41) is 0. The number of benzene rings is 1. The van der Waals surface area contributed by atoms with Gasteiger partial charge >= 0.3 is 0 Å². The van der Waals surface area contributed by atoms with E-state index >= 15 is 0 Å². The predicted molar refractivity (Wildman–Crippen MR) is 104 cm³/mol. The lowest BCUT2D eigenvalue weighted by atomic mass is 9.53. The fraction of sp³-hybridized carbons (Fsp3) is 0.667. The standard InChI is InChI=1S/C24H34/c1-3-5-6-13-23-15-18-24(19-16-23,20-17-23)14-12-22-10-8-21(7-4-2)9-11-22/h8-11H,3-7,13,15-20H2,1-2H3. The molecule has 2 bridgehead atoms. The SMILES string of the molecule is CCCCCC12CCC(C#Cc3ccc(CCC)cc3)(CC1)CC2. The molecule has 0 saturated heterocycles. The minimum atomic E-state index is 0.342. The molecule has 4 rings (SSSR count). The quantitative estimate of drug-likeness (QED) is 0.394. The van der Waals surface area contributed by atoms with Crippen LogP contribution in [0.3, 0.4) is 0 Å². The molecule has 1 aromatic carbocycles. The van der Waals surface area contributed by atoms with Crippen LogP contribution in [0.1, 0.15) is 95.6 Å². The first-order valence-electron chi connectivity index (χ1n) is 10.3. The van der Waals surface area contributed by atoms with Crippen LogP contribution < -0.4 is 0 Å². The molecule has 0 N–H and O–H groups in total. The van der Waals surface area contributed by atoms with Crippen LogP contribution in [0.4, 0.5) is 0 Å². The van der Waals surface area contributed by atoms with Gasteiger partial charge in [-0.05, 0) is 74.5 Å². The molecule has 0 nitrogen and oxygen atoms in total. The topological polar surface area (TPSA) is 0 Å². The molecule has 3 aliphatic rings. The van der Waals surface area contributed by atoms with Crippen molar-refractivity contribution in [1.29, 1.82) is 0 Å². The molecular weight excluding hydrogens is 288 g/mol. The van der Waals surface area contributed by atoms with Crippen molar-refractivity contribution in [2.24, 2.45) is 10.8 Å². The highest BCUT2D eigenvalue weighted by Gasteiger charge is 2.47. The second-order valence-corrected chi connectivity index (χ2v) is 8.43. The number of fused-ring (bicyclic) bond motifs is 3. The van der Waals surface area contributed by atoms with Crippen LogP contribution in [0.2, 0.25) is 0 Å². The molecule has 24 heavy (non-hydrogen) atoms. The highest BCUT2D eigenvalue weighted by molar-refractivity contribution is 5.38. The zero-order valence-electron chi connectivity index (χ0n) is 15.8. The van der Waals surface area contributed by atoms with E-state index in [1.165, 1.54) is 88.2 Å². The molecule has 0 amide bonds. The van der Waals surface area contributed by atoms with Gasteiger partial charge in [-0.3, -0.25) is 0 Å². The molecule has 3 fully saturated rings. The van der Waals surface area contributed by atoms with Crippen molar-refractivity contribution in [3.8, 4) is 11.8 Å². The van der Waals surface area contributed by atoms with E-state index in [-0.39, 0.29) is 0 Å². The average molecular weight is 323 g/mol. The zero-order valence-corrected chi connectivity index (χ0v) is 15.8. The Morgan fingerprint density at radius 2 is 1.50 bits per heavy atom. The summed E-state index contributed by atoms with van der Waals surface area (Å²) in [6.45, 7) is 4.55. The molecule has 130 valence electrons. The first kappa shape index (κ1) is 17.6. The van der Waals surface area contributed by atoms with Gasteiger partial charge in [-0.1, -0.05) is 63.5 Å². The first-order valence-corrected chi connectivity index (χ1v) is 10.3. The molecule has 1 aromatic rings. The Kier molecular flexibility index (Phi) is 5.70. The van der Waals surface area contributed by atoms with E-state index < -0.39 is 0 Å². The summed E-state index contributed by atoms with van der Waals surface area (Å²) >= 11 is 0. The van der Waals surface area contributed by atoms with E-state index in [0.29, 0.717) is 10.8 Å². The third-order valence-corrected chi connectivity index (χ3v) is 6.68. The third kappa shape index (κ3) is 4.05. The van der Waals surface area contributed by atoms with Crippen molar-refractivity contribution < 1.29 is 0 Å². The van der Waals surface area contributed by atoms with Crippen molar-refractivity contribution >= 4 is 0 Å². The highest BCUT2D eigenvalue weighted by atomic mass is 14.5. The van der Waals surface area contributed by atoms with Crippen LogP contribution in [-0.4, -0.2) is 0 Å². The number of rotatable bonds is 6. The molecule has 3 aliphatic carbocycles. The summed E-state index contributed by atoms with van der Waals surface area (Å²) in [5.41, 5.74) is 3.68. The Morgan fingerprint density at radius 3 is 2.08 bits per heavy atom. The number of unbranched alkanes of at least 4 members (excludes halogenated alkanes) is 2. The highest BCUT2D eigenvalue weighted by Crippen LogP contribution is 2.58. The van der Waals surface area contributed by atoms with E-state index in [0.717, 1.165) is 0 Å². The second kappa shape index (κ2) is 7.77. The molecule has 0 spiro atoms. The maximum atomic E-state index is 3.72. The number of hydrogen-bond acceptors (Lipinski definition) is 0. The molecule has 0 aliphatic heterocycles. The maximum absolute atomic E-state index is 3.72. The molecule has 0 atom stereocenters. The van der Waals surface area contributed by atoms with Gasteiger partial charge in [0.15, 0.2) is 0 Å². The Hall–Kier alpha value is -1.22. The lowest BCUT2D eigenvalue weighted by Crippen LogP contribution is -2.40. The molecule has 0 aromatic heterocycles. The number of aryl methyl sites for hydroxylation is 1. The first-order chi connectivity index (χ1) is 11.7. The van der Waals surface area contributed by atoms with E-state index in [9.17, 15) is 0 Å². The van der Waals surface area contributed by atoms with Crippen LogP contribution in [0.15, 0.2) is 24.3 Å². The van der Waals surface area contributed by atoms with Crippen molar-refractivity contribution in [1.82, 2.24) is 0 Å². The summed E-state index contributed by atoms with van der Waals surface area (Å²) in [6, 6.07) is 8.95. The van der Waals surface area contributed by atoms with Gasteiger partial charge < -0.3 is 0 Å². The Morgan fingerprint density at radius 1 is 0.833 bits per heavy atom. The minimum absolute atomic E-state index is 0.342. The largest absolute Gasteiger partial charge is 0.0911 e. The second-order valence-electron chi connectivity index (χ2n) is 8.43. The van der Waals surface area contributed by atoms with Crippen LogP contribution in [-0.2, 0) is 6.42 Å². The zero-order chi connectivity index (χ0) is 16.9. The Balaban J connectivity index is 1.60.